The van der Waals surface area contributed by atoms with E-state index in [2.05, 4.69) is 23.8 Å². The minimum Gasteiger partial charge on any atom is -0.262 e. The predicted molar refractivity (Wildman–Crippen MR) is 57.1 cm³/mol. The molecule has 1 aromatic rings. The molecule has 0 aliphatic heterocycles. The fourth-order valence-corrected chi connectivity index (χ4v) is 2.31. The highest BCUT2D eigenvalue weighted by molar-refractivity contribution is 7.99. The molecular formula is C8H14N2S2. The molecule has 2 nitrogen and oxygen atoms in total. The lowest BCUT2D eigenvalue weighted by Gasteiger charge is -1.98. The van der Waals surface area contributed by atoms with E-state index >= 15 is 0 Å². The smallest absolute Gasteiger partial charge is 0.0939 e. The molecule has 1 heterocycles. The molecule has 0 bridgehead atoms. The summed E-state index contributed by atoms with van der Waals surface area (Å²) in [6.07, 6.45) is 1.15. The molecular weight excluding hydrogens is 188 g/mol. The average molecular weight is 202 g/mol. The molecule has 0 N–H and O–H groups in total. The van der Waals surface area contributed by atoms with E-state index in [1.807, 2.05) is 30.4 Å². The highest BCUT2D eigenvalue weighted by atomic mass is 32.2. The summed E-state index contributed by atoms with van der Waals surface area (Å²) < 4.78 is 1.93. The minimum absolute atomic E-state index is 0.962. The van der Waals surface area contributed by atoms with E-state index in [4.69, 9.17) is 0 Å². The Morgan fingerprint density at radius 2 is 2.42 bits per heavy atom. The largest absolute Gasteiger partial charge is 0.262 e. The van der Waals surface area contributed by atoms with Crippen LogP contribution in [0.4, 0.5) is 0 Å². The Morgan fingerprint density at radius 3 is 2.92 bits per heavy atom. The fourth-order valence-electron chi connectivity index (χ4n) is 0.963. The number of nitrogens with zero attached hydrogens (tertiary/aromatic N) is 2. The van der Waals surface area contributed by atoms with E-state index in [0.717, 1.165) is 23.6 Å². The topological polar surface area (TPSA) is 17.8 Å². The van der Waals surface area contributed by atoms with E-state index < -0.39 is 0 Å². The quantitative estimate of drug-likeness (QED) is 0.458. The molecule has 1 aromatic heterocycles. The van der Waals surface area contributed by atoms with Crippen molar-refractivity contribution in [3.8, 4) is 0 Å². The number of aromatic nitrogens is 2. The van der Waals surface area contributed by atoms with Crippen LogP contribution in [0.1, 0.15) is 12.1 Å². The number of thioether (sulfide) groups is 1. The van der Waals surface area contributed by atoms with Gasteiger partial charge in [0.15, 0.2) is 0 Å². The van der Waals surface area contributed by atoms with E-state index in [9.17, 15) is 0 Å². The average Bonchev–Trinajstić information content (AvgIpc) is 2.31. The fraction of sp³-hybridized carbons (Fsp3) is 0.625. The highest BCUT2D eigenvalue weighted by Gasteiger charge is 2.00. The molecule has 0 unspecified atom stereocenters. The zero-order valence-electron chi connectivity index (χ0n) is 7.45. The van der Waals surface area contributed by atoms with Crippen molar-refractivity contribution in [2.75, 3.05) is 11.5 Å². The van der Waals surface area contributed by atoms with Crippen molar-refractivity contribution in [2.24, 2.45) is 7.05 Å². The highest BCUT2D eigenvalue weighted by Crippen LogP contribution is 2.18. The molecule has 4 heteroatoms. The first kappa shape index (κ1) is 9.99. The molecule has 0 amide bonds. The molecule has 0 saturated heterocycles. The van der Waals surface area contributed by atoms with Crippen molar-refractivity contribution < 1.29 is 0 Å². The van der Waals surface area contributed by atoms with Gasteiger partial charge in [-0.15, -0.1) is 11.8 Å². The van der Waals surface area contributed by atoms with Crippen LogP contribution >= 0.6 is 24.4 Å². The van der Waals surface area contributed by atoms with Crippen LogP contribution in [0, 0.1) is 6.92 Å². The molecule has 12 heavy (non-hydrogen) atoms. The Bertz CT molecular complexity index is 245. The zero-order valence-corrected chi connectivity index (χ0v) is 9.16. The van der Waals surface area contributed by atoms with Crippen LogP contribution in [0.25, 0.3) is 0 Å². The van der Waals surface area contributed by atoms with Crippen LogP contribution < -0.4 is 0 Å². The van der Waals surface area contributed by atoms with Crippen molar-refractivity contribution in [3.05, 3.63) is 11.8 Å². The Kier molecular flexibility index (Phi) is 4.01. The van der Waals surface area contributed by atoms with Gasteiger partial charge in [-0.3, -0.25) is 4.68 Å². The number of hydrogen-bond donors (Lipinski definition) is 1. The maximum Gasteiger partial charge on any atom is 0.0939 e. The third-order valence-electron chi connectivity index (χ3n) is 1.51. The summed E-state index contributed by atoms with van der Waals surface area (Å²) in [5.74, 6) is 2.09. The summed E-state index contributed by atoms with van der Waals surface area (Å²) in [6, 6.07) is 2.11. The van der Waals surface area contributed by atoms with Gasteiger partial charge in [-0.1, -0.05) is 0 Å². The third-order valence-corrected chi connectivity index (χ3v) is 3.00. The van der Waals surface area contributed by atoms with Gasteiger partial charge in [0, 0.05) is 12.8 Å². The van der Waals surface area contributed by atoms with Gasteiger partial charge in [0.2, 0.25) is 0 Å². The summed E-state index contributed by atoms with van der Waals surface area (Å²) in [5, 5.41) is 5.51. The molecule has 0 aliphatic carbocycles. The third kappa shape index (κ3) is 2.75. The summed E-state index contributed by atoms with van der Waals surface area (Å²) in [7, 11) is 1.98. The van der Waals surface area contributed by atoms with Gasteiger partial charge >= 0.3 is 0 Å². The van der Waals surface area contributed by atoms with Crippen molar-refractivity contribution >= 4 is 24.4 Å². The molecule has 0 saturated carbocycles. The Morgan fingerprint density at radius 1 is 1.67 bits per heavy atom. The number of hydrogen-bond acceptors (Lipinski definition) is 3. The first-order chi connectivity index (χ1) is 5.74. The monoisotopic (exact) mass is 202 g/mol. The summed E-state index contributed by atoms with van der Waals surface area (Å²) in [6.45, 7) is 2.02. The zero-order chi connectivity index (χ0) is 8.97. The lowest BCUT2D eigenvalue weighted by atomic mass is 10.5. The molecule has 0 aliphatic rings. The SMILES string of the molecule is Cc1cc(SCCCS)n(C)n1. The molecule has 0 aromatic carbocycles. The molecule has 0 radical (unpaired) electrons. The minimum atomic E-state index is 0.962. The van der Waals surface area contributed by atoms with Crippen LogP contribution in [0.15, 0.2) is 11.1 Å². The van der Waals surface area contributed by atoms with Crippen LogP contribution in [0.3, 0.4) is 0 Å². The standard InChI is InChI=1S/C8H14N2S2/c1-7-6-8(10(2)9-7)12-5-3-4-11/h6,11H,3-5H2,1-2H3. The van der Waals surface area contributed by atoms with Gasteiger partial charge in [-0.2, -0.15) is 17.7 Å². The van der Waals surface area contributed by atoms with Crippen molar-refractivity contribution in [3.63, 3.8) is 0 Å². The van der Waals surface area contributed by atoms with Gasteiger partial charge in [-0.05, 0) is 25.2 Å². The maximum atomic E-state index is 4.27. The van der Waals surface area contributed by atoms with Gasteiger partial charge in [-0.25, -0.2) is 0 Å². The van der Waals surface area contributed by atoms with Crippen LogP contribution in [0.5, 0.6) is 0 Å². The van der Waals surface area contributed by atoms with Gasteiger partial charge in [0.1, 0.15) is 0 Å². The Balaban J connectivity index is 2.45. The van der Waals surface area contributed by atoms with Crippen LogP contribution in [0.2, 0.25) is 0 Å². The lowest BCUT2D eigenvalue weighted by Crippen LogP contribution is -1.93. The second-order valence-corrected chi connectivity index (χ2v) is 4.24. The van der Waals surface area contributed by atoms with Crippen LogP contribution in [-0.4, -0.2) is 21.3 Å². The van der Waals surface area contributed by atoms with Crippen molar-refractivity contribution in [1.29, 1.82) is 0 Å². The van der Waals surface area contributed by atoms with Gasteiger partial charge in [0.05, 0.1) is 10.7 Å². The van der Waals surface area contributed by atoms with E-state index in [-0.39, 0.29) is 0 Å². The van der Waals surface area contributed by atoms with E-state index in [0.29, 0.717) is 0 Å². The Hall–Kier alpha value is -0.0900. The summed E-state index contributed by atoms with van der Waals surface area (Å²) >= 11 is 6.01. The van der Waals surface area contributed by atoms with Crippen LogP contribution in [-0.2, 0) is 7.05 Å². The summed E-state index contributed by atoms with van der Waals surface area (Å²) in [5.41, 5.74) is 1.09. The van der Waals surface area contributed by atoms with Crippen molar-refractivity contribution in [2.45, 2.75) is 18.4 Å². The Labute approximate surface area is 83.1 Å². The first-order valence-corrected chi connectivity index (χ1v) is 5.60. The second kappa shape index (κ2) is 4.82. The normalized spacial score (nSPS) is 10.6. The molecule has 0 atom stereocenters. The van der Waals surface area contributed by atoms with Gasteiger partial charge in [0.25, 0.3) is 0 Å². The second-order valence-electron chi connectivity index (χ2n) is 2.67. The molecule has 0 spiro atoms. The first-order valence-electron chi connectivity index (χ1n) is 3.98. The molecule has 0 fully saturated rings. The van der Waals surface area contributed by atoms with Gasteiger partial charge < -0.3 is 0 Å². The molecule has 1 rings (SSSR count). The molecule has 68 valence electrons. The number of thiol groups is 1. The maximum absolute atomic E-state index is 4.27. The van der Waals surface area contributed by atoms with E-state index in [1.54, 1.807) is 0 Å². The van der Waals surface area contributed by atoms with Crippen molar-refractivity contribution in [1.82, 2.24) is 9.78 Å². The lowest BCUT2D eigenvalue weighted by molar-refractivity contribution is 0.692. The van der Waals surface area contributed by atoms with E-state index in [1.165, 1.54) is 5.03 Å². The predicted octanol–water partition coefficient (Wildman–Crippen LogP) is 2.14. The number of rotatable bonds is 4. The number of aryl methyl sites for hydroxylation is 2. The summed E-state index contributed by atoms with van der Waals surface area (Å²) in [4.78, 5) is 0.